The molecule has 2 aliphatic rings. The maximum absolute atomic E-state index is 12.3. The highest BCUT2D eigenvalue weighted by molar-refractivity contribution is 7.99. The third kappa shape index (κ3) is 4.74. The first-order chi connectivity index (χ1) is 13.8. The summed E-state index contributed by atoms with van der Waals surface area (Å²) in [6, 6.07) is 7.08. The first-order valence-corrected chi connectivity index (χ1v) is 10.8. The smallest absolute Gasteiger partial charge is 0.263 e. The molecule has 2 fully saturated rings. The molecule has 2 aliphatic heterocycles. The molecule has 2 aromatic rings. The lowest BCUT2D eigenvalue weighted by atomic mass is 10.2. The van der Waals surface area contributed by atoms with Crippen LogP contribution in [0.4, 0.5) is 5.82 Å². The number of anilines is 1. The molecule has 8 heteroatoms. The van der Waals surface area contributed by atoms with Gasteiger partial charge in [0.2, 0.25) is 0 Å². The van der Waals surface area contributed by atoms with Crippen LogP contribution in [-0.2, 0) is 4.74 Å². The van der Waals surface area contributed by atoms with Gasteiger partial charge in [-0.05, 0) is 37.1 Å². The average molecular weight is 401 g/mol. The first kappa shape index (κ1) is 19.0. The monoisotopic (exact) mass is 400 g/mol. The largest absolute Gasteiger partial charge is 0.436 e. The number of hydrogen-bond donors (Lipinski definition) is 1. The highest BCUT2D eigenvalue weighted by atomic mass is 32.2. The van der Waals surface area contributed by atoms with Gasteiger partial charge < -0.3 is 19.7 Å². The molecular formula is C20H24N4O3S. The summed E-state index contributed by atoms with van der Waals surface area (Å²) >= 11 is 1.94. The zero-order chi connectivity index (χ0) is 19.2. The number of thioether (sulfide) groups is 1. The van der Waals surface area contributed by atoms with Crippen molar-refractivity contribution in [3.05, 3.63) is 42.2 Å². The van der Waals surface area contributed by atoms with E-state index in [0.29, 0.717) is 23.7 Å². The fraction of sp³-hybridized carbons (Fsp3) is 0.450. The summed E-state index contributed by atoms with van der Waals surface area (Å²) in [5.74, 6) is 3.93. The fourth-order valence-electron chi connectivity index (χ4n) is 3.28. The van der Waals surface area contributed by atoms with Crippen molar-refractivity contribution in [3.63, 3.8) is 0 Å². The third-order valence-corrected chi connectivity index (χ3v) is 5.74. The maximum Gasteiger partial charge on any atom is 0.263 e. The van der Waals surface area contributed by atoms with E-state index in [1.165, 1.54) is 0 Å². The molecule has 0 radical (unpaired) electrons. The number of ether oxygens (including phenoxy) is 2. The number of hydrogen-bond acceptors (Lipinski definition) is 7. The van der Waals surface area contributed by atoms with Gasteiger partial charge >= 0.3 is 0 Å². The molecule has 28 heavy (non-hydrogen) atoms. The predicted octanol–water partition coefficient (Wildman–Crippen LogP) is 2.73. The van der Waals surface area contributed by atoms with Crippen LogP contribution in [0.5, 0.6) is 11.6 Å². The quantitative estimate of drug-likeness (QED) is 0.799. The Hall–Kier alpha value is -2.32. The number of carbonyl (C=O) groups is 1. The van der Waals surface area contributed by atoms with Crippen molar-refractivity contribution < 1.29 is 14.3 Å². The third-order valence-electron chi connectivity index (χ3n) is 4.80. The van der Waals surface area contributed by atoms with E-state index in [-0.39, 0.29) is 12.0 Å². The molecule has 1 amide bonds. The van der Waals surface area contributed by atoms with E-state index in [1.54, 1.807) is 36.7 Å². The molecule has 1 atom stereocenters. The lowest BCUT2D eigenvalue weighted by Gasteiger charge is -2.28. The van der Waals surface area contributed by atoms with Crippen molar-refractivity contribution in [2.75, 3.05) is 42.6 Å². The molecule has 1 N–H and O–H groups in total. The second-order valence-electron chi connectivity index (χ2n) is 6.76. The number of amides is 1. The highest BCUT2D eigenvalue weighted by Gasteiger charge is 2.19. The van der Waals surface area contributed by atoms with Gasteiger partial charge in [0.15, 0.2) is 5.82 Å². The molecule has 1 unspecified atom stereocenters. The molecule has 7 nitrogen and oxygen atoms in total. The van der Waals surface area contributed by atoms with Crippen LogP contribution in [0, 0.1) is 0 Å². The van der Waals surface area contributed by atoms with Crippen LogP contribution in [0.15, 0.2) is 36.7 Å². The van der Waals surface area contributed by atoms with Gasteiger partial charge in [0.05, 0.1) is 6.10 Å². The molecule has 0 saturated carbocycles. The second-order valence-corrected chi connectivity index (χ2v) is 7.98. The topological polar surface area (TPSA) is 76.6 Å². The minimum Gasteiger partial charge on any atom is -0.436 e. The summed E-state index contributed by atoms with van der Waals surface area (Å²) in [6.07, 6.45) is 5.52. The molecular weight excluding hydrogens is 376 g/mol. The van der Waals surface area contributed by atoms with Gasteiger partial charge in [-0.25, -0.2) is 9.97 Å². The molecule has 2 saturated heterocycles. The number of nitrogens with one attached hydrogen (secondary N) is 1. The molecule has 1 aromatic carbocycles. The standard InChI is InChI=1S/C20H24N4O3S/c25-19(23-14-17-2-1-11-26-17)15-3-5-16(6-4-15)27-20-18(21-7-8-22-20)24-9-12-28-13-10-24/h3-8,17H,1-2,9-14H2,(H,23,25). The Morgan fingerprint density at radius 1 is 1.21 bits per heavy atom. The zero-order valence-electron chi connectivity index (χ0n) is 15.7. The van der Waals surface area contributed by atoms with E-state index in [9.17, 15) is 4.79 Å². The van der Waals surface area contributed by atoms with Gasteiger partial charge in [-0.2, -0.15) is 11.8 Å². The van der Waals surface area contributed by atoms with Crippen LogP contribution in [-0.4, -0.2) is 59.7 Å². The van der Waals surface area contributed by atoms with E-state index >= 15 is 0 Å². The van der Waals surface area contributed by atoms with Gasteiger partial charge in [0, 0.05) is 55.7 Å². The Bertz CT molecular complexity index is 790. The van der Waals surface area contributed by atoms with Crippen LogP contribution in [0.25, 0.3) is 0 Å². The Morgan fingerprint density at radius 2 is 2.00 bits per heavy atom. The lowest BCUT2D eigenvalue weighted by Crippen LogP contribution is -2.33. The van der Waals surface area contributed by atoms with Crippen LogP contribution >= 0.6 is 11.8 Å². The van der Waals surface area contributed by atoms with E-state index in [0.717, 1.165) is 49.9 Å². The fourth-order valence-corrected chi connectivity index (χ4v) is 4.18. The SMILES string of the molecule is O=C(NCC1CCCO1)c1ccc(Oc2nccnc2N2CCSCC2)cc1. The molecule has 0 bridgehead atoms. The van der Waals surface area contributed by atoms with Gasteiger partial charge in [0.25, 0.3) is 11.8 Å². The van der Waals surface area contributed by atoms with Crippen LogP contribution < -0.4 is 15.0 Å². The molecule has 4 rings (SSSR count). The maximum atomic E-state index is 12.3. The highest BCUT2D eigenvalue weighted by Crippen LogP contribution is 2.29. The van der Waals surface area contributed by atoms with Crippen molar-refractivity contribution >= 4 is 23.5 Å². The summed E-state index contributed by atoms with van der Waals surface area (Å²) in [4.78, 5) is 23.3. The summed E-state index contributed by atoms with van der Waals surface area (Å²) < 4.78 is 11.5. The van der Waals surface area contributed by atoms with Gasteiger partial charge in [-0.1, -0.05) is 0 Å². The lowest BCUT2D eigenvalue weighted by molar-refractivity contribution is 0.0858. The predicted molar refractivity (Wildman–Crippen MR) is 109 cm³/mol. The number of aromatic nitrogens is 2. The summed E-state index contributed by atoms with van der Waals surface area (Å²) in [5, 5.41) is 2.93. The van der Waals surface area contributed by atoms with E-state index in [2.05, 4.69) is 20.2 Å². The van der Waals surface area contributed by atoms with Crippen LogP contribution in [0.2, 0.25) is 0 Å². The Balaban J connectivity index is 1.38. The van der Waals surface area contributed by atoms with Crippen molar-refractivity contribution in [2.24, 2.45) is 0 Å². The van der Waals surface area contributed by atoms with Crippen molar-refractivity contribution in [2.45, 2.75) is 18.9 Å². The molecule has 1 aromatic heterocycles. The number of benzene rings is 1. The van der Waals surface area contributed by atoms with Crippen molar-refractivity contribution in [1.29, 1.82) is 0 Å². The Kier molecular flexibility index (Phi) is 6.28. The van der Waals surface area contributed by atoms with E-state index in [1.807, 2.05) is 11.8 Å². The van der Waals surface area contributed by atoms with Crippen LogP contribution in [0.1, 0.15) is 23.2 Å². The van der Waals surface area contributed by atoms with Crippen molar-refractivity contribution in [1.82, 2.24) is 15.3 Å². The van der Waals surface area contributed by atoms with E-state index < -0.39 is 0 Å². The van der Waals surface area contributed by atoms with Crippen molar-refractivity contribution in [3.8, 4) is 11.6 Å². The summed E-state index contributed by atoms with van der Waals surface area (Å²) in [6.45, 7) is 3.20. The minimum absolute atomic E-state index is 0.104. The number of rotatable bonds is 6. The van der Waals surface area contributed by atoms with Gasteiger partial charge in [-0.15, -0.1) is 0 Å². The Morgan fingerprint density at radius 3 is 2.75 bits per heavy atom. The van der Waals surface area contributed by atoms with Gasteiger partial charge in [-0.3, -0.25) is 4.79 Å². The number of carbonyl (C=O) groups excluding carboxylic acids is 1. The summed E-state index contributed by atoms with van der Waals surface area (Å²) in [5.41, 5.74) is 0.595. The number of nitrogens with zero attached hydrogens (tertiary/aromatic N) is 3. The zero-order valence-corrected chi connectivity index (χ0v) is 16.5. The van der Waals surface area contributed by atoms with Gasteiger partial charge in [0.1, 0.15) is 5.75 Å². The second kappa shape index (κ2) is 9.25. The Labute approximate surface area is 168 Å². The van der Waals surface area contributed by atoms with E-state index in [4.69, 9.17) is 9.47 Å². The summed E-state index contributed by atoms with van der Waals surface area (Å²) in [7, 11) is 0. The molecule has 0 aliphatic carbocycles. The average Bonchev–Trinajstić information content (AvgIpc) is 3.27. The minimum atomic E-state index is -0.104. The van der Waals surface area contributed by atoms with Crippen LogP contribution in [0.3, 0.4) is 0 Å². The molecule has 3 heterocycles. The first-order valence-electron chi connectivity index (χ1n) is 9.61. The molecule has 148 valence electrons. The molecule has 0 spiro atoms. The normalized spacial score (nSPS) is 19.4.